The first-order valence-corrected chi connectivity index (χ1v) is 7.78. The first kappa shape index (κ1) is 15.4. The van der Waals surface area contributed by atoms with Crippen LogP contribution >= 0.6 is 0 Å². The van der Waals surface area contributed by atoms with Crippen molar-refractivity contribution < 1.29 is 4.79 Å². The molecule has 6 heteroatoms. The minimum atomic E-state index is -0.602. The van der Waals surface area contributed by atoms with Crippen LogP contribution in [0.15, 0.2) is 42.7 Å². The standard InChI is InChI=1S/C17H21N5O/c1-13-3-5-14(6-4-13)15(18)16(23)21-9-11-22(12-10-21)17-19-7-2-8-20-17/h2-8,15H,9-12,18H2,1H3. The van der Waals surface area contributed by atoms with Crippen molar-refractivity contribution in [3.8, 4) is 0 Å². The second kappa shape index (κ2) is 6.75. The van der Waals surface area contributed by atoms with E-state index in [4.69, 9.17) is 5.73 Å². The molecule has 6 nitrogen and oxygen atoms in total. The van der Waals surface area contributed by atoms with Gasteiger partial charge in [-0.3, -0.25) is 4.79 Å². The predicted octanol–water partition coefficient (Wildman–Crippen LogP) is 1.13. The average molecular weight is 311 g/mol. The van der Waals surface area contributed by atoms with Crippen LogP contribution in [-0.4, -0.2) is 47.0 Å². The molecule has 1 aliphatic rings. The van der Waals surface area contributed by atoms with Crippen LogP contribution in [0, 0.1) is 6.92 Å². The Morgan fingerprint density at radius 3 is 2.30 bits per heavy atom. The van der Waals surface area contributed by atoms with E-state index in [9.17, 15) is 4.79 Å². The van der Waals surface area contributed by atoms with E-state index in [-0.39, 0.29) is 5.91 Å². The third-order valence-corrected chi connectivity index (χ3v) is 4.13. The number of benzene rings is 1. The molecular formula is C17H21N5O. The molecule has 0 saturated carbocycles. The molecule has 0 aliphatic carbocycles. The van der Waals surface area contributed by atoms with Crippen molar-refractivity contribution in [2.75, 3.05) is 31.1 Å². The van der Waals surface area contributed by atoms with Crippen LogP contribution in [0.4, 0.5) is 5.95 Å². The van der Waals surface area contributed by atoms with Crippen LogP contribution in [-0.2, 0) is 4.79 Å². The lowest BCUT2D eigenvalue weighted by Gasteiger charge is -2.35. The summed E-state index contributed by atoms with van der Waals surface area (Å²) >= 11 is 0. The first-order chi connectivity index (χ1) is 11.1. The van der Waals surface area contributed by atoms with Gasteiger partial charge in [-0.15, -0.1) is 0 Å². The van der Waals surface area contributed by atoms with Crippen molar-refractivity contribution in [2.45, 2.75) is 13.0 Å². The number of carbonyl (C=O) groups is 1. The maximum Gasteiger partial charge on any atom is 0.244 e. The molecule has 1 aliphatic heterocycles. The smallest absolute Gasteiger partial charge is 0.244 e. The fourth-order valence-electron chi connectivity index (χ4n) is 2.69. The minimum Gasteiger partial charge on any atom is -0.337 e. The van der Waals surface area contributed by atoms with Gasteiger partial charge >= 0.3 is 0 Å². The van der Waals surface area contributed by atoms with Crippen LogP contribution in [0.3, 0.4) is 0 Å². The molecule has 2 aromatic rings. The average Bonchev–Trinajstić information content (AvgIpc) is 2.62. The summed E-state index contributed by atoms with van der Waals surface area (Å²) in [5.41, 5.74) is 8.15. The van der Waals surface area contributed by atoms with Gasteiger partial charge in [-0.25, -0.2) is 9.97 Å². The summed E-state index contributed by atoms with van der Waals surface area (Å²) in [7, 11) is 0. The third kappa shape index (κ3) is 3.48. The number of aryl methyl sites for hydroxylation is 1. The molecule has 1 atom stereocenters. The van der Waals surface area contributed by atoms with Crippen LogP contribution < -0.4 is 10.6 Å². The summed E-state index contributed by atoms with van der Waals surface area (Å²) in [6.45, 7) is 4.72. The minimum absolute atomic E-state index is 0.0255. The number of nitrogens with zero attached hydrogens (tertiary/aromatic N) is 4. The Morgan fingerprint density at radius 2 is 1.70 bits per heavy atom. The fourth-order valence-corrected chi connectivity index (χ4v) is 2.69. The van der Waals surface area contributed by atoms with Gasteiger partial charge in [-0.1, -0.05) is 29.8 Å². The fraction of sp³-hybridized carbons (Fsp3) is 0.353. The molecular weight excluding hydrogens is 290 g/mol. The highest BCUT2D eigenvalue weighted by Gasteiger charge is 2.26. The van der Waals surface area contributed by atoms with E-state index < -0.39 is 6.04 Å². The zero-order chi connectivity index (χ0) is 16.2. The van der Waals surface area contributed by atoms with E-state index in [1.807, 2.05) is 36.1 Å². The van der Waals surface area contributed by atoms with Crippen molar-refractivity contribution in [1.29, 1.82) is 0 Å². The van der Waals surface area contributed by atoms with Gasteiger partial charge in [-0.2, -0.15) is 0 Å². The number of rotatable bonds is 3. The Bertz CT molecular complexity index is 650. The van der Waals surface area contributed by atoms with Crippen molar-refractivity contribution in [1.82, 2.24) is 14.9 Å². The Hall–Kier alpha value is -2.47. The van der Waals surface area contributed by atoms with E-state index in [1.165, 1.54) is 0 Å². The summed E-state index contributed by atoms with van der Waals surface area (Å²) in [6.07, 6.45) is 3.46. The monoisotopic (exact) mass is 311 g/mol. The van der Waals surface area contributed by atoms with Gasteiger partial charge in [0.15, 0.2) is 0 Å². The molecule has 3 rings (SSSR count). The Balaban J connectivity index is 1.60. The number of piperazine rings is 1. The lowest BCUT2D eigenvalue weighted by atomic mass is 10.0. The van der Waals surface area contributed by atoms with Crippen molar-refractivity contribution >= 4 is 11.9 Å². The zero-order valence-electron chi connectivity index (χ0n) is 13.2. The van der Waals surface area contributed by atoms with Crippen molar-refractivity contribution in [3.63, 3.8) is 0 Å². The highest BCUT2D eigenvalue weighted by atomic mass is 16.2. The van der Waals surface area contributed by atoms with Gasteiger partial charge < -0.3 is 15.5 Å². The predicted molar refractivity (Wildman–Crippen MR) is 88.9 cm³/mol. The Morgan fingerprint density at radius 1 is 1.09 bits per heavy atom. The summed E-state index contributed by atoms with van der Waals surface area (Å²) in [6, 6.07) is 9.00. The van der Waals surface area contributed by atoms with Crippen LogP contribution in [0.25, 0.3) is 0 Å². The molecule has 0 spiro atoms. The van der Waals surface area contributed by atoms with Gasteiger partial charge in [0.05, 0.1) is 0 Å². The molecule has 2 N–H and O–H groups in total. The number of amides is 1. The molecule has 0 radical (unpaired) electrons. The molecule has 1 aromatic heterocycles. The number of anilines is 1. The van der Waals surface area contributed by atoms with Crippen LogP contribution in [0.2, 0.25) is 0 Å². The maximum absolute atomic E-state index is 12.6. The van der Waals surface area contributed by atoms with E-state index in [2.05, 4.69) is 14.9 Å². The molecule has 23 heavy (non-hydrogen) atoms. The highest BCUT2D eigenvalue weighted by molar-refractivity contribution is 5.83. The van der Waals surface area contributed by atoms with Crippen LogP contribution in [0.5, 0.6) is 0 Å². The van der Waals surface area contributed by atoms with E-state index in [1.54, 1.807) is 18.5 Å². The molecule has 1 saturated heterocycles. The van der Waals surface area contributed by atoms with Gasteiger partial charge in [-0.05, 0) is 18.6 Å². The lowest BCUT2D eigenvalue weighted by Crippen LogP contribution is -2.51. The normalized spacial score (nSPS) is 16.3. The molecule has 1 amide bonds. The van der Waals surface area contributed by atoms with Gasteiger partial charge in [0.2, 0.25) is 11.9 Å². The second-order valence-electron chi connectivity index (χ2n) is 5.75. The molecule has 2 heterocycles. The Kier molecular flexibility index (Phi) is 4.52. The highest BCUT2D eigenvalue weighted by Crippen LogP contribution is 2.17. The molecule has 1 aromatic carbocycles. The van der Waals surface area contributed by atoms with Crippen LogP contribution in [0.1, 0.15) is 17.2 Å². The van der Waals surface area contributed by atoms with Gasteiger partial charge in [0.1, 0.15) is 6.04 Å². The topological polar surface area (TPSA) is 75.4 Å². The van der Waals surface area contributed by atoms with E-state index >= 15 is 0 Å². The van der Waals surface area contributed by atoms with E-state index in [0.717, 1.165) is 24.2 Å². The number of hydrogen-bond acceptors (Lipinski definition) is 5. The van der Waals surface area contributed by atoms with Gasteiger partial charge in [0.25, 0.3) is 0 Å². The van der Waals surface area contributed by atoms with Crippen molar-refractivity contribution in [2.24, 2.45) is 5.73 Å². The number of hydrogen-bond donors (Lipinski definition) is 1. The number of aromatic nitrogens is 2. The summed E-state index contributed by atoms with van der Waals surface area (Å²) in [4.78, 5) is 25.0. The summed E-state index contributed by atoms with van der Waals surface area (Å²) < 4.78 is 0. The molecule has 120 valence electrons. The first-order valence-electron chi connectivity index (χ1n) is 7.78. The largest absolute Gasteiger partial charge is 0.337 e. The second-order valence-corrected chi connectivity index (χ2v) is 5.75. The summed E-state index contributed by atoms with van der Waals surface area (Å²) in [5.74, 6) is 0.685. The molecule has 0 bridgehead atoms. The maximum atomic E-state index is 12.6. The number of nitrogens with two attached hydrogens (primary N) is 1. The van der Waals surface area contributed by atoms with Crippen molar-refractivity contribution in [3.05, 3.63) is 53.9 Å². The van der Waals surface area contributed by atoms with Gasteiger partial charge in [0, 0.05) is 38.6 Å². The zero-order valence-corrected chi connectivity index (χ0v) is 13.2. The lowest BCUT2D eigenvalue weighted by molar-refractivity contribution is -0.133. The third-order valence-electron chi connectivity index (χ3n) is 4.13. The quantitative estimate of drug-likeness (QED) is 0.920. The SMILES string of the molecule is Cc1ccc(C(N)C(=O)N2CCN(c3ncccn3)CC2)cc1. The van der Waals surface area contributed by atoms with E-state index in [0.29, 0.717) is 19.0 Å². The molecule has 1 unspecified atom stereocenters. The molecule has 1 fully saturated rings. The summed E-state index contributed by atoms with van der Waals surface area (Å²) in [5, 5.41) is 0. The number of carbonyl (C=O) groups excluding carboxylic acids is 1. The Labute approximate surface area is 135 Å².